The molecule has 0 bridgehead atoms. The Morgan fingerprint density at radius 1 is 1.00 bits per heavy atom. The first-order valence-corrected chi connectivity index (χ1v) is 8.39. The van der Waals surface area contributed by atoms with Gasteiger partial charge in [-0.05, 0) is 49.9 Å². The van der Waals surface area contributed by atoms with Gasteiger partial charge in [-0.25, -0.2) is 0 Å². The molecule has 0 saturated carbocycles. The molecule has 1 aromatic carbocycles. The summed E-state index contributed by atoms with van der Waals surface area (Å²) in [6.07, 6.45) is 8.74. The van der Waals surface area contributed by atoms with E-state index < -0.39 is 0 Å². The molecule has 1 heterocycles. The summed E-state index contributed by atoms with van der Waals surface area (Å²) < 4.78 is 11.1. The lowest BCUT2D eigenvalue weighted by atomic mass is 10.0. The topological polar surface area (TPSA) is 31.4 Å². The SMILES string of the molecule is CC(C)(C)OCCOCC=Cc1ccc(Cc2cccnc2)cc1. The highest BCUT2D eigenvalue weighted by atomic mass is 16.5. The zero-order valence-electron chi connectivity index (χ0n) is 14.9. The van der Waals surface area contributed by atoms with Crippen molar-refractivity contribution in [1.82, 2.24) is 4.98 Å². The molecule has 0 aliphatic heterocycles. The van der Waals surface area contributed by atoms with E-state index in [1.807, 2.05) is 39.1 Å². The summed E-state index contributed by atoms with van der Waals surface area (Å²) >= 11 is 0. The third-order valence-electron chi connectivity index (χ3n) is 3.40. The van der Waals surface area contributed by atoms with Crippen LogP contribution in [0.2, 0.25) is 0 Å². The lowest BCUT2D eigenvalue weighted by Crippen LogP contribution is -2.21. The number of aromatic nitrogens is 1. The molecular weight excluding hydrogens is 298 g/mol. The normalized spacial score (nSPS) is 12.0. The van der Waals surface area contributed by atoms with Crippen LogP contribution in [0.25, 0.3) is 6.08 Å². The molecular formula is C21H27NO2. The third-order valence-corrected chi connectivity index (χ3v) is 3.40. The predicted octanol–water partition coefficient (Wildman–Crippen LogP) is 4.52. The molecule has 0 spiro atoms. The summed E-state index contributed by atoms with van der Waals surface area (Å²) in [6, 6.07) is 12.6. The van der Waals surface area contributed by atoms with Crippen molar-refractivity contribution in [3.8, 4) is 0 Å². The van der Waals surface area contributed by atoms with E-state index in [1.165, 1.54) is 16.7 Å². The molecule has 0 N–H and O–H groups in total. The number of hydrogen-bond acceptors (Lipinski definition) is 3. The minimum Gasteiger partial charge on any atom is -0.375 e. The average molecular weight is 325 g/mol. The molecule has 0 fully saturated rings. The maximum Gasteiger partial charge on any atom is 0.0707 e. The van der Waals surface area contributed by atoms with Gasteiger partial charge in [-0.1, -0.05) is 42.5 Å². The van der Waals surface area contributed by atoms with Gasteiger partial charge >= 0.3 is 0 Å². The largest absolute Gasteiger partial charge is 0.375 e. The van der Waals surface area contributed by atoms with Crippen LogP contribution in [-0.2, 0) is 15.9 Å². The lowest BCUT2D eigenvalue weighted by Gasteiger charge is -2.19. The first-order chi connectivity index (χ1) is 11.5. The van der Waals surface area contributed by atoms with E-state index in [4.69, 9.17) is 9.47 Å². The molecule has 0 atom stereocenters. The first-order valence-electron chi connectivity index (χ1n) is 8.39. The van der Waals surface area contributed by atoms with Gasteiger partial charge in [0.25, 0.3) is 0 Å². The van der Waals surface area contributed by atoms with Gasteiger partial charge in [0.2, 0.25) is 0 Å². The molecule has 0 aliphatic rings. The lowest BCUT2D eigenvalue weighted by molar-refractivity contribution is -0.0312. The highest BCUT2D eigenvalue weighted by Gasteiger charge is 2.08. The van der Waals surface area contributed by atoms with Crippen LogP contribution >= 0.6 is 0 Å². The summed E-state index contributed by atoms with van der Waals surface area (Å²) in [5.74, 6) is 0. The fourth-order valence-corrected chi connectivity index (χ4v) is 2.23. The van der Waals surface area contributed by atoms with Crippen LogP contribution < -0.4 is 0 Å². The second kappa shape index (κ2) is 9.36. The van der Waals surface area contributed by atoms with E-state index in [2.05, 4.69) is 41.4 Å². The van der Waals surface area contributed by atoms with Crippen LogP contribution in [0.1, 0.15) is 37.5 Å². The molecule has 0 saturated heterocycles. The van der Waals surface area contributed by atoms with Crippen molar-refractivity contribution in [2.45, 2.75) is 32.8 Å². The van der Waals surface area contributed by atoms with Crippen molar-refractivity contribution in [2.75, 3.05) is 19.8 Å². The number of benzene rings is 1. The Kier molecular flexibility index (Phi) is 7.16. The van der Waals surface area contributed by atoms with Crippen LogP contribution in [0.15, 0.2) is 54.9 Å². The molecule has 0 aliphatic carbocycles. The van der Waals surface area contributed by atoms with Gasteiger partial charge in [0.1, 0.15) is 0 Å². The maximum atomic E-state index is 5.60. The second-order valence-electron chi connectivity index (χ2n) is 6.72. The molecule has 24 heavy (non-hydrogen) atoms. The Hall–Kier alpha value is -1.97. The highest BCUT2D eigenvalue weighted by Crippen LogP contribution is 2.11. The van der Waals surface area contributed by atoms with Crippen LogP contribution in [0.5, 0.6) is 0 Å². The standard InChI is InChI=1S/C21H27NO2/c1-21(2,3)24-15-14-23-13-5-7-18-8-10-19(11-9-18)16-20-6-4-12-22-17-20/h4-12,17H,13-16H2,1-3H3. The van der Waals surface area contributed by atoms with Crippen molar-refractivity contribution in [3.63, 3.8) is 0 Å². The molecule has 2 rings (SSSR count). The molecule has 2 aromatic rings. The quantitative estimate of drug-likeness (QED) is 0.669. The van der Waals surface area contributed by atoms with E-state index in [-0.39, 0.29) is 5.60 Å². The molecule has 1 aromatic heterocycles. The van der Waals surface area contributed by atoms with Crippen molar-refractivity contribution in [2.24, 2.45) is 0 Å². The second-order valence-corrected chi connectivity index (χ2v) is 6.72. The van der Waals surface area contributed by atoms with Crippen molar-refractivity contribution in [1.29, 1.82) is 0 Å². The molecule has 3 nitrogen and oxygen atoms in total. The summed E-state index contributed by atoms with van der Waals surface area (Å²) in [5, 5.41) is 0. The Bertz CT molecular complexity index is 613. The van der Waals surface area contributed by atoms with E-state index in [0.29, 0.717) is 19.8 Å². The van der Waals surface area contributed by atoms with Crippen LogP contribution in [0, 0.1) is 0 Å². The van der Waals surface area contributed by atoms with Gasteiger partial charge < -0.3 is 9.47 Å². The minimum absolute atomic E-state index is 0.100. The summed E-state index contributed by atoms with van der Waals surface area (Å²) in [5.41, 5.74) is 3.60. The zero-order valence-corrected chi connectivity index (χ0v) is 14.9. The minimum atomic E-state index is -0.100. The fraction of sp³-hybridized carbons (Fsp3) is 0.381. The maximum absolute atomic E-state index is 5.60. The Balaban J connectivity index is 1.69. The first kappa shape index (κ1) is 18.4. The van der Waals surface area contributed by atoms with E-state index in [9.17, 15) is 0 Å². The smallest absolute Gasteiger partial charge is 0.0707 e. The molecule has 0 radical (unpaired) electrons. The van der Waals surface area contributed by atoms with Gasteiger partial charge in [0.15, 0.2) is 0 Å². The summed E-state index contributed by atoms with van der Waals surface area (Å²) in [7, 11) is 0. The number of hydrogen-bond donors (Lipinski definition) is 0. The Labute approximate surface area is 145 Å². The molecule has 0 unspecified atom stereocenters. The fourth-order valence-electron chi connectivity index (χ4n) is 2.23. The van der Waals surface area contributed by atoms with Gasteiger partial charge in [-0.3, -0.25) is 4.98 Å². The van der Waals surface area contributed by atoms with Gasteiger partial charge in [-0.2, -0.15) is 0 Å². The van der Waals surface area contributed by atoms with E-state index in [0.717, 1.165) is 6.42 Å². The van der Waals surface area contributed by atoms with Crippen LogP contribution in [0.4, 0.5) is 0 Å². The van der Waals surface area contributed by atoms with Crippen molar-refractivity contribution >= 4 is 6.08 Å². The highest BCUT2D eigenvalue weighted by molar-refractivity contribution is 5.50. The van der Waals surface area contributed by atoms with Crippen molar-refractivity contribution in [3.05, 3.63) is 71.6 Å². The monoisotopic (exact) mass is 325 g/mol. The Morgan fingerprint density at radius 2 is 1.79 bits per heavy atom. The third kappa shape index (κ3) is 7.53. The summed E-state index contributed by atoms with van der Waals surface area (Å²) in [4.78, 5) is 4.15. The molecule has 3 heteroatoms. The van der Waals surface area contributed by atoms with Gasteiger partial charge in [0.05, 0.1) is 25.4 Å². The van der Waals surface area contributed by atoms with E-state index >= 15 is 0 Å². The van der Waals surface area contributed by atoms with Gasteiger partial charge in [0, 0.05) is 12.4 Å². The number of nitrogens with zero attached hydrogens (tertiary/aromatic N) is 1. The van der Waals surface area contributed by atoms with Crippen LogP contribution in [0.3, 0.4) is 0 Å². The summed E-state index contributed by atoms with van der Waals surface area (Å²) in [6.45, 7) is 7.98. The van der Waals surface area contributed by atoms with E-state index in [1.54, 1.807) is 6.20 Å². The number of ether oxygens (including phenoxy) is 2. The Morgan fingerprint density at radius 3 is 2.46 bits per heavy atom. The molecule has 0 amide bonds. The number of rotatable bonds is 8. The molecule has 128 valence electrons. The zero-order chi connectivity index (χ0) is 17.3. The van der Waals surface area contributed by atoms with Crippen LogP contribution in [-0.4, -0.2) is 30.4 Å². The van der Waals surface area contributed by atoms with Gasteiger partial charge in [-0.15, -0.1) is 0 Å². The predicted molar refractivity (Wildman–Crippen MR) is 99.0 cm³/mol. The van der Waals surface area contributed by atoms with Crippen molar-refractivity contribution < 1.29 is 9.47 Å². The average Bonchev–Trinajstić information content (AvgIpc) is 2.55. The number of pyridine rings is 1.